The van der Waals surface area contributed by atoms with E-state index in [1.165, 1.54) is 28.7 Å². The van der Waals surface area contributed by atoms with E-state index in [1.54, 1.807) is 0 Å². The van der Waals surface area contributed by atoms with Crippen molar-refractivity contribution in [3.8, 4) is 5.75 Å². The summed E-state index contributed by atoms with van der Waals surface area (Å²) in [6.45, 7) is 9.55. The topological polar surface area (TPSA) is 9.23 Å². The molecule has 0 saturated heterocycles. The van der Waals surface area contributed by atoms with E-state index >= 15 is 0 Å². The second-order valence-corrected chi connectivity index (χ2v) is 6.67. The Hall–Kier alpha value is -2.02. The molecule has 0 aliphatic heterocycles. The molecule has 0 amide bonds. The van der Waals surface area contributed by atoms with Crippen LogP contribution in [0.5, 0.6) is 5.75 Å². The quantitative estimate of drug-likeness (QED) is 0.501. The van der Waals surface area contributed by atoms with Crippen molar-refractivity contribution >= 4 is 12.2 Å². The Morgan fingerprint density at radius 3 is 2.29 bits per heavy atom. The summed E-state index contributed by atoms with van der Waals surface area (Å²) >= 11 is 0. The summed E-state index contributed by atoms with van der Waals surface area (Å²) in [5.41, 5.74) is 5.02. The molecule has 128 valence electrons. The van der Waals surface area contributed by atoms with Crippen LogP contribution in [-0.4, -0.2) is 6.61 Å². The Morgan fingerprint density at radius 2 is 1.62 bits per heavy atom. The maximum atomic E-state index is 5.81. The van der Waals surface area contributed by atoms with Crippen LogP contribution in [0.3, 0.4) is 0 Å². The van der Waals surface area contributed by atoms with Crippen LogP contribution in [0, 0.1) is 12.8 Å². The first-order valence-corrected chi connectivity index (χ1v) is 9.12. The van der Waals surface area contributed by atoms with Gasteiger partial charge in [0.05, 0.1) is 6.61 Å². The van der Waals surface area contributed by atoms with Crippen molar-refractivity contribution < 1.29 is 4.74 Å². The van der Waals surface area contributed by atoms with E-state index in [2.05, 4.69) is 82.3 Å². The zero-order valence-corrected chi connectivity index (χ0v) is 15.5. The Bertz CT molecular complexity index is 652. The van der Waals surface area contributed by atoms with Crippen LogP contribution in [-0.2, 0) is 6.42 Å². The first-order valence-electron chi connectivity index (χ1n) is 9.12. The van der Waals surface area contributed by atoms with Crippen LogP contribution in [0.25, 0.3) is 12.2 Å². The van der Waals surface area contributed by atoms with Gasteiger partial charge >= 0.3 is 0 Å². The molecule has 0 spiro atoms. The third-order valence-electron chi connectivity index (χ3n) is 4.40. The van der Waals surface area contributed by atoms with Crippen molar-refractivity contribution in [2.75, 3.05) is 6.61 Å². The van der Waals surface area contributed by atoms with Gasteiger partial charge in [0.2, 0.25) is 0 Å². The molecular weight excluding hydrogens is 292 g/mol. The first kappa shape index (κ1) is 18.3. The summed E-state index contributed by atoms with van der Waals surface area (Å²) in [5.74, 6) is 1.74. The van der Waals surface area contributed by atoms with Crippen molar-refractivity contribution in [3.05, 3.63) is 64.7 Å². The van der Waals surface area contributed by atoms with E-state index in [-0.39, 0.29) is 0 Å². The lowest BCUT2D eigenvalue weighted by Crippen LogP contribution is -1.97. The van der Waals surface area contributed by atoms with E-state index in [4.69, 9.17) is 4.74 Å². The number of hydrogen-bond donors (Lipinski definition) is 0. The monoisotopic (exact) mass is 322 g/mol. The van der Waals surface area contributed by atoms with E-state index < -0.39 is 0 Å². The van der Waals surface area contributed by atoms with Crippen LogP contribution < -0.4 is 4.74 Å². The lowest BCUT2D eigenvalue weighted by atomic mass is 9.98. The molecule has 1 heteroatoms. The Morgan fingerprint density at radius 1 is 0.958 bits per heavy atom. The van der Waals surface area contributed by atoms with Crippen molar-refractivity contribution in [3.63, 3.8) is 0 Å². The van der Waals surface area contributed by atoms with Crippen LogP contribution in [0.4, 0.5) is 0 Å². The number of benzene rings is 2. The highest BCUT2D eigenvalue weighted by Gasteiger charge is 2.01. The SMILES string of the molecule is CCCOc1cc(/C=C/c2ccc(CC(C)CC)cc2)ccc1C. The molecule has 0 radical (unpaired) electrons. The Labute approximate surface area is 147 Å². The highest BCUT2D eigenvalue weighted by molar-refractivity contribution is 5.70. The van der Waals surface area contributed by atoms with E-state index in [1.807, 2.05) is 0 Å². The van der Waals surface area contributed by atoms with Gasteiger partial charge in [0, 0.05) is 0 Å². The normalized spacial score (nSPS) is 12.5. The lowest BCUT2D eigenvalue weighted by molar-refractivity contribution is 0.315. The molecule has 0 saturated carbocycles. The third-order valence-corrected chi connectivity index (χ3v) is 4.40. The molecule has 2 aromatic rings. The zero-order chi connectivity index (χ0) is 17.4. The van der Waals surface area contributed by atoms with Crippen LogP contribution in [0.15, 0.2) is 42.5 Å². The van der Waals surface area contributed by atoms with Crippen molar-refractivity contribution in [2.45, 2.75) is 47.0 Å². The smallest absolute Gasteiger partial charge is 0.122 e. The minimum Gasteiger partial charge on any atom is -0.493 e. The number of rotatable bonds is 8. The predicted molar refractivity (Wildman–Crippen MR) is 105 cm³/mol. The van der Waals surface area contributed by atoms with Gasteiger partial charge in [0.25, 0.3) is 0 Å². The van der Waals surface area contributed by atoms with E-state index in [9.17, 15) is 0 Å². The maximum absolute atomic E-state index is 5.81. The molecule has 2 rings (SSSR count). The lowest BCUT2D eigenvalue weighted by Gasteiger charge is -2.09. The molecule has 1 atom stereocenters. The Kier molecular flexibility index (Phi) is 7.11. The minimum atomic E-state index is 0.750. The summed E-state index contributed by atoms with van der Waals surface area (Å²) in [5, 5.41) is 0. The second-order valence-electron chi connectivity index (χ2n) is 6.67. The van der Waals surface area contributed by atoms with Gasteiger partial charge in [-0.1, -0.05) is 75.7 Å². The fourth-order valence-electron chi connectivity index (χ4n) is 2.59. The number of ether oxygens (including phenoxy) is 1. The molecule has 0 fully saturated rings. The molecule has 0 aliphatic carbocycles. The van der Waals surface area contributed by atoms with Gasteiger partial charge in [-0.3, -0.25) is 0 Å². The molecule has 0 heterocycles. The van der Waals surface area contributed by atoms with Crippen LogP contribution >= 0.6 is 0 Å². The average Bonchev–Trinajstić information content (AvgIpc) is 2.61. The van der Waals surface area contributed by atoms with Crippen molar-refractivity contribution in [2.24, 2.45) is 5.92 Å². The summed E-state index contributed by atoms with van der Waals surface area (Å²) in [6.07, 6.45) is 7.75. The average molecular weight is 322 g/mol. The highest BCUT2D eigenvalue weighted by atomic mass is 16.5. The number of aryl methyl sites for hydroxylation is 1. The molecule has 0 bridgehead atoms. The standard InChI is InChI=1S/C23H30O/c1-5-15-24-23-17-22(8-7-19(23)4)14-11-20-9-12-21(13-10-20)16-18(3)6-2/h7-14,17-18H,5-6,15-16H2,1-4H3/b14-11+. The molecule has 2 aromatic carbocycles. The predicted octanol–water partition coefficient (Wildman–Crippen LogP) is 6.54. The van der Waals surface area contributed by atoms with Crippen LogP contribution in [0.1, 0.15) is 55.9 Å². The van der Waals surface area contributed by atoms with Crippen LogP contribution in [0.2, 0.25) is 0 Å². The zero-order valence-electron chi connectivity index (χ0n) is 15.5. The van der Waals surface area contributed by atoms with E-state index in [0.29, 0.717) is 0 Å². The summed E-state index contributed by atoms with van der Waals surface area (Å²) in [4.78, 5) is 0. The third kappa shape index (κ3) is 5.56. The van der Waals surface area contributed by atoms with Gasteiger partial charge < -0.3 is 4.74 Å². The molecular formula is C23H30O. The van der Waals surface area contributed by atoms with Gasteiger partial charge in [0.15, 0.2) is 0 Å². The molecule has 24 heavy (non-hydrogen) atoms. The Balaban J connectivity index is 2.04. The van der Waals surface area contributed by atoms with Gasteiger partial charge in [-0.05, 0) is 54.0 Å². The van der Waals surface area contributed by atoms with Crippen molar-refractivity contribution in [1.82, 2.24) is 0 Å². The van der Waals surface area contributed by atoms with Gasteiger partial charge in [-0.15, -0.1) is 0 Å². The fraction of sp³-hybridized carbons (Fsp3) is 0.391. The second kappa shape index (κ2) is 9.32. The summed E-state index contributed by atoms with van der Waals surface area (Å²) < 4.78 is 5.81. The molecule has 0 aromatic heterocycles. The minimum absolute atomic E-state index is 0.750. The summed E-state index contributed by atoms with van der Waals surface area (Å²) in [6, 6.07) is 15.3. The fourth-order valence-corrected chi connectivity index (χ4v) is 2.59. The van der Waals surface area contributed by atoms with Crippen molar-refractivity contribution in [1.29, 1.82) is 0 Å². The van der Waals surface area contributed by atoms with E-state index in [0.717, 1.165) is 31.1 Å². The molecule has 1 unspecified atom stereocenters. The maximum Gasteiger partial charge on any atom is 0.122 e. The van der Waals surface area contributed by atoms with Gasteiger partial charge in [0.1, 0.15) is 5.75 Å². The molecule has 0 aliphatic rings. The number of hydrogen-bond acceptors (Lipinski definition) is 1. The summed E-state index contributed by atoms with van der Waals surface area (Å²) in [7, 11) is 0. The largest absolute Gasteiger partial charge is 0.493 e. The van der Waals surface area contributed by atoms with Gasteiger partial charge in [-0.25, -0.2) is 0 Å². The highest BCUT2D eigenvalue weighted by Crippen LogP contribution is 2.21. The molecule has 1 nitrogen and oxygen atoms in total. The van der Waals surface area contributed by atoms with Gasteiger partial charge in [-0.2, -0.15) is 0 Å². The molecule has 0 N–H and O–H groups in total. The first-order chi connectivity index (χ1) is 11.6.